The number of rotatable bonds is 6. The van der Waals surface area contributed by atoms with Crippen molar-refractivity contribution in [3.63, 3.8) is 0 Å². The predicted octanol–water partition coefficient (Wildman–Crippen LogP) is 1.99. The maximum Gasteiger partial charge on any atom is 0.319 e. The van der Waals surface area contributed by atoms with Crippen molar-refractivity contribution in [3.05, 3.63) is 72.6 Å². The van der Waals surface area contributed by atoms with E-state index in [0.717, 1.165) is 11.3 Å². The van der Waals surface area contributed by atoms with Gasteiger partial charge in [0.15, 0.2) is 0 Å². The van der Waals surface area contributed by atoms with Crippen molar-refractivity contribution >= 4 is 11.7 Å². The molecule has 2 aromatic carbocycles. The van der Waals surface area contributed by atoms with E-state index in [2.05, 4.69) is 20.9 Å². The molecule has 128 valence electrons. The van der Waals surface area contributed by atoms with E-state index in [-0.39, 0.29) is 18.7 Å². The summed E-state index contributed by atoms with van der Waals surface area (Å²) in [5, 5.41) is 22.7. The van der Waals surface area contributed by atoms with Gasteiger partial charge in [-0.15, -0.1) is 5.10 Å². The second-order valence-corrected chi connectivity index (χ2v) is 5.56. The molecule has 0 bridgehead atoms. The summed E-state index contributed by atoms with van der Waals surface area (Å²) in [5.41, 5.74) is 2.55. The van der Waals surface area contributed by atoms with E-state index in [9.17, 15) is 9.90 Å². The highest BCUT2D eigenvalue weighted by Crippen LogP contribution is 2.12. The first-order valence-corrected chi connectivity index (χ1v) is 7.93. The summed E-state index contributed by atoms with van der Waals surface area (Å²) in [6.45, 7) is -0.131. The number of carbonyl (C=O) groups excluding carboxylic acids is 1. The zero-order valence-corrected chi connectivity index (χ0v) is 13.5. The predicted molar refractivity (Wildman–Crippen MR) is 94.5 cm³/mol. The lowest BCUT2D eigenvalue weighted by molar-refractivity contribution is 0.224. The number of amides is 2. The molecule has 0 unspecified atom stereocenters. The highest BCUT2D eigenvalue weighted by Gasteiger charge is 2.12. The van der Waals surface area contributed by atoms with Crippen LogP contribution in [0.15, 0.2) is 67.0 Å². The monoisotopic (exact) mass is 337 g/mol. The summed E-state index contributed by atoms with van der Waals surface area (Å²) >= 11 is 0. The van der Waals surface area contributed by atoms with Crippen LogP contribution < -0.4 is 10.6 Å². The van der Waals surface area contributed by atoms with Crippen LogP contribution in [-0.2, 0) is 6.42 Å². The summed E-state index contributed by atoms with van der Waals surface area (Å²) in [6, 6.07) is 16.2. The van der Waals surface area contributed by atoms with E-state index in [1.807, 2.05) is 42.5 Å². The van der Waals surface area contributed by atoms with Gasteiger partial charge in [0, 0.05) is 5.69 Å². The van der Waals surface area contributed by atoms with Gasteiger partial charge >= 0.3 is 6.03 Å². The first-order valence-electron chi connectivity index (χ1n) is 7.93. The molecule has 1 heterocycles. The number of urea groups is 1. The van der Waals surface area contributed by atoms with Gasteiger partial charge in [0.2, 0.25) is 0 Å². The molecule has 0 aliphatic rings. The summed E-state index contributed by atoms with van der Waals surface area (Å²) < 4.78 is 1.63. The SMILES string of the molecule is O=C(Nc1ccc(-n2ccnn2)cc1)N[C@H](CO)Cc1ccccc1. The molecule has 1 atom stereocenters. The van der Waals surface area contributed by atoms with Crippen LogP contribution in [0.1, 0.15) is 5.56 Å². The number of nitrogens with one attached hydrogen (secondary N) is 2. The Morgan fingerprint density at radius 3 is 2.52 bits per heavy atom. The smallest absolute Gasteiger partial charge is 0.319 e. The van der Waals surface area contributed by atoms with E-state index >= 15 is 0 Å². The van der Waals surface area contributed by atoms with Gasteiger partial charge in [0.1, 0.15) is 0 Å². The van der Waals surface area contributed by atoms with Gasteiger partial charge in [-0.3, -0.25) is 0 Å². The molecular weight excluding hydrogens is 318 g/mol. The normalized spacial score (nSPS) is 11.7. The Balaban J connectivity index is 1.56. The van der Waals surface area contributed by atoms with Crippen LogP contribution >= 0.6 is 0 Å². The molecule has 3 rings (SSSR count). The topological polar surface area (TPSA) is 92.1 Å². The summed E-state index contributed by atoms with van der Waals surface area (Å²) in [6.07, 6.45) is 3.90. The van der Waals surface area contributed by atoms with Gasteiger partial charge in [-0.05, 0) is 36.2 Å². The minimum atomic E-state index is -0.358. The molecule has 7 heteroatoms. The van der Waals surface area contributed by atoms with E-state index in [1.54, 1.807) is 29.2 Å². The molecule has 0 aliphatic carbocycles. The third-order valence-corrected chi connectivity index (χ3v) is 3.69. The first-order chi connectivity index (χ1) is 12.2. The van der Waals surface area contributed by atoms with Gasteiger partial charge in [0.05, 0.1) is 30.7 Å². The van der Waals surface area contributed by atoms with Crippen LogP contribution in [0, 0.1) is 0 Å². The van der Waals surface area contributed by atoms with Crippen LogP contribution in [0.4, 0.5) is 10.5 Å². The Labute approximate surface area is 145 Å². The summed E-state index contributed by atoms with van der Waals surface area (Å²) in [4.78, 5) is 12.1. The Bertz CT molecular complexity index is 788. The second-order valence-electron chi connectivity index (χ2n) is 5.56. The van der Waals surface area contributed by atoms with Crippen LogP contribution in [0.5, 0.6) is 0 Å². The molecule has 0 spiro atoms. The molecule has 3 N–H and O–H groups in total. The molecule has 3 aromatic rings. The van der Waals surface area contributed by atoms with Gasteiger partial charge in [-0.1, -0.05) is 35.5 Å². The van der Waals surface area contributed by atoms with Gasteiger partial charge < -0.3 is 15.7 Å². The number of aromatic nitrogens is 3. The fraction of sp³-hybridized carbons (Fsp3) is 0.167. The largest absolute Gasteiger partial charge is 0.394 e. The first kappa shape index (κ1) is 16.7. The highest BCUT2D eigenvalue weighted by molar-refractivity contribution is 5.89. The lowest BCUT2D eigenvalue weighted by Gasteiger charge is -2.17. The number of benzene rings is 2. The maximum absolute atomic E-state index is 12.1. The van der Waals surface area contributed by atoms with Crippen molar-refractivity contribution in [1.29, 1.82) is 0 Å². The molecule has 0 saturated heterocycles. The van der Waals surface area contributed by atoms with Crippen molar-refractivity contribution in [1.82, 2.24) is 20.3 Å². The number of aliphatic hydroxyl groups excluding tert-OH is 1. The molecule has 7 nitrogen and oxygen atoms in total. The third-order valence-electron chi connectivity index (χ3n) is 3.69. The number of anilines is 1. The van der Waals surface area contributed by atoms with Crippen molar-refractivity contribution < 1.29 is 9.90 Å². The molecule has 25 heavy (non-hydrogen) atoms. The molecule has 0 fully saturated rings. The molecule has 0 saturated carbocycles. The van der Waals surface area contributed by atoms with Crippen molar-refractivity contribution in [3.8, 4) is 5.69 Å². The van der Waals surface area contributed by atoms with Gasteiger partial charge in [0.25, 0.3) is 0 Å². The average molecular weight is 337 g/mol. The summed E-state index contributed by atoms with van der Waals surface area (Å²) in [5.74, 6) is 0. The van der Waals surface area contributed by atoms with Crippen LogP contribution in [-0.4, -0.2) is 38.8 Å². The maximum atomic E-state index is 12.1. The zero-order chi connectivity index (χ0) is 17.5. The number of aliphatic hydroxyl groups is 1. The Kier molecular flexibility index (Phi) is 5.38. The Morgan fingerprint density at radius 1 is 1.12 bits per heavy atom. The number of hydrogen-bond donors (Lipinski definition) is 3. The van der Waals surface area contributed by atoms with Crippen molar-refractivity contribution in [2.24, 2.45) is 0 Å². The Morgan fingerprint density at radius 2 is 1.88 bits per heavy atom. The minimum Gasteiger partial charge on any atom is -0.394 e. The van der Waals surface area contributed by atoms with E-state index in [1.165, 1.54) is 0 Å². The second kappa shape index (κ2) is 8.07. The summed E-state index contributed by atoms with van der Waals surface area (Å²) in [7, 11) is 0. The quantitative estimate of drug-likeness (QED) is 0.641. The van der Waals surface area contributed by atoms with Gasteiger partial charge in [-0.25, -0.2) is 9.48 Å². The number of carbonyl (C=O) groups is 1. The van der Waals surface area contributed by atoms with Crippen LogP contribution in [0.2, 0.25) is 0 Å². The zero-order valence-electron chi connectivity index (χ0n) is 13.5. The van der Waals surface area contributed by atoms with Crippen molar-refractivity contribution in [2.45, 2.75) is 12.5 Å². The number of nitrogens with zero attached hydrogens (tertiary/aromatic N) is 3. The Hall–Kier alpha value is -3.19. The van der Waals surface area contributed by atoms with E-state index in [4.69, 9.17) is 0 Å². The highest BCUT2D eigenvalue weighted by atomic mass is 16.3. The molecule has 0 aliphatic heterocycles. The minimum absolute atomic E-state index is 0.131. The van der Waals surface area contributed by atoms with Gasteiger partial charge in [-0.2, -0.15) is 0 Å². The lowest BCUT2D eigenvalue weighted by atomic mass is 10.1. The van der Waals surface area contributed by atoms with Crippen LogP contribution in [0.3, 0.4) is 0 Å². The number of hydrogen-bond acceptors (Lipinski definition) is 4. The standard InChI is InChI=1S/C18H19N5O2/c24-13-16(12-14-4-2-1-3-5-14)21-18(25)20-15-6-8-17(9-7-15)23-11-10-19-22-23/h1-11,16,24H,12-13H2,(H2,20,21,25)/t16-/m0/s1. The molecule has 2 amide bonds. The molecule has 0 radical (unpaired) electrons. The van der Waals surface area contributed by atoms with E-state index in [0.29, 0.717) is 12.1 Å². The fourth-order valence-corrected chi connectivity index (χ4v) is 2.46. The third kappa shape index (κ3) is 4.65. The molecular formula is C18H19N5O2. The van der Waals surface area contributed by atoms with E-state index < -0.39 is 0 Å². The molecule has 1 aromatic heterocycles. The fourth-order valence-electron chi connectivity index (χ4n) is 2.46. The lowest BCUT2D eigenvalue weighted by Crippen LogP contribution is -2.41. The average Bonchev–Trinajstić information content (AvgIpc) is 3.17. The van der Waals surface area contributed by atoms with Crippen LogP contribution in [0.25, 0.3) is 5.69 Å². The van der Waals surface area contributed by atoms with Crippen molar-refractivity contribution in [2.75, 3.05) is 11.9 Å².